The Balaban J connectivity index is 2.50. The third kappa shape index (κ3) is 3.22. The van der Waals surface area contributed by atoms with Gasteiger partial charge in [-0.2, -0.15) is 0 Å². The molecule has 5 nitrogen and oxygen atoms in total. The van der Waals surface area contributed by atoms with Crippen LogP contribution in [0.1, 0.15) is 39.5 Å². The van der Waals surface area contributed by atoms with Crippen molar-refractivity contribution in [3.05, 3.63) is 0 Å². The fourth-order valence-corrected chi connectivity index (χ4v) is 2.55. The Bertz CT molecular complexity index is 304. The molecule has 1 atom stereocenters. The fraction of sp³-hybridized carbons (Fsp3) is 0.846. The molecule has 0 bridgehead atoms. The lowest BCUT2D eigenvalue weighted by molar-refractivity contribution is -0.151. The van der Waals surface area contributed by atoms with Gasteiger partial charge in [0.15, 0.2) is 0 Å². The minimum atomic E-state index is -0.847. The Morgan fingerprint density at radius 2 is 1.89 bits per heavy atom. The number of nitrogens with zero attached hydrogens (tertiary/aromatic N) is 1. The number of carbonyl (C=O) groups is 2. The molecule has 0 saturated carbocycles. The van der Waals surface area contributed by atoms with Crippen molar-refractivity contribution in [3.63, 3.8) is 0 Å². The molecule has 0 spiro atoms. The molecule has 18 heavy (non-hydrogen) atoms. The van der Waals surface area contributed by atoms with E-state index >= 15 is 0 Å². The minimum absolute atomic E-state index is 0.162. The molecule has 1 N–H and O–H groups in total. The summed E-state index contributed by atoms with van der Waals surface area (Å²) < 4.78 is 4.54. The SMILES string of the molecule is CCC1(CC)CN(C(CCC(=O)OC)C(=O)O)C1. The Hall–Kier alpha value is -1.10. The molecule has 0 aromatic heterocycles. The van der Waals surface area contributed by atoms with Crippen LogP contribution in [0.2, 0.25) is 0 Å². The van der Waals surface area contributed by atoms with Crippen molar-refractivity contribution in [1.29, 1.82) is 0 Å². The number of methoxy groups -OCH3 is 1. The summed E-state index contributed by atoms with van der Waals surface area (Å²) in [4.78, 5) is 24.3. The summed E-state index contributed by atoms with van der Waals surface area (Å²) >= 11 is 0. The Morgan fingerprint density at radius 1 is 1.33 bits per heavy atom. The highest BCUT2D eigenvalue weighted by atomic mass is 16.5. The number of carbonyl (C=O) groups excluding carboxylic acids is 1. The molecule has 1 rings (SSSR count). The first-order valence-electron chi connectivity index (χ1n) is 6.51. The van der Waals surface area contributed by atoms with Crippen LogP contribution in [0.3, 0.4) is 0 Å². The maximum Gasteiger partial charge on any atom is 0.320 e. The minimum Gasteiger partial charge on any atom is -0.480 e. The van der Waals surface area contributed by atoms with Crippen molar-refractivity contribution in [2.75, 3.05) is 20.2 Å². The van der Waals surface area contributed by atoms with Gasteiger partial charge in [-0.1, -0.05) is 13.8 Å². The number of rotatable bonds is 7. The maximum absolute atomic E-state index is 11.2. The maximum atomic E-state index is 11.2. The molecule has 0 aromatic rings. The number of esters is 1. The zero-order valence-corrected chi connectivity index (χ0v) is 11.4. The van der Waals surface area contributed by atoms with E-state index in [4.69, 9.17) is 0 Å². The zero-order valence-electron chi connectivity index (χ0n) is 11.4. The Labute approximate surface area is 108 Å². The van der Waals surface area contributed by atoms with Gasteiger partial charge in [0.05, 0.1) is 7.11 Å². The fourth-order valence-electron chi connectivity index (χ4n) is 2.55. The lowest BCUT2D eigenvalue weighted by atomic mass is 9.74. The van der Waals surface area contributed by atoms with E-state index < -0.39 is 12.0 Å². The van der Waals surface area contributed by atoms with Gasteiger partial charge in [0, 0.05) is 19.5 Å². The van der Waals surface area contributed by atoms with Gasteiger partial charge >= 0.3 is 11.9 Å². The second kappa shape index (κ2) is 6.18. The Morgan fingerprint density at radius 3 is 2.28 bits per heavy atom. The molecule has 1 fully saturated rings. The average molecular weight is 257 g/mol. The Kier molecular flexibility index (Phi) is 5.14. The van der Waals surface area contributed by atoms with Gasteiger partial charge in [-0.15, -0.1) is 0 Å². The second-order valence-corrected chi connectivity index (χ2v) is 5.08. The first-order valence-corrected chi connectivity index (χ1v) is 6.51. The standard InChI is InChI=1S/C13H23NO4/c1-4-13(5-2)8-14(9-13)10(12(16)17)6-7-11(15)18-3/h10H,4-9H2,1-3H3,(H,16,17). The molecule has 1 unspecified atom stereocenters. The summed E-state index contributed by atoms with van der Waals surface area (Å²) in [5.41, 5.74) is 0.277. The van der Waals surface area contributed by atoms with Crippen LogP contribution >= 0.6 is 0 Å². The van der Waals surface area contributed by atoms with Crippen molar-refractivity contribution in [2.24, 2.45) is 5.41 Å². The molecule has 0 aliphatic carbocycles. The number of hydrogen-bond acceptors (Lipinski definition) is 4. The van der Waals surface area contributed by atoms with Crippen molar-refractivity contribution in [3.8, 4) is 0 Å². The van der Waals surface area contributed by atoms with Gasteiger partial charge in [-0.05, 0) is 24.7 Å². The van der Waals surface area contributed by atoms with E-state index in [0.717, 1.165) is 25.9 Å². The smallest absolute Gasteiger partial charge is 0.320 e. The van der Waals surface area contributed by atoms with Crippen molar-refractivity contribution in [2.45, 2.75) is 45.6 Å². The molecule has 5 heteroatoms. The van der Waals surface area contributed by atoms with Gasteiger partial charge in [0.2, 0.25) is 0 Å². The largest absolute Gasteiger partial charge is 0.480 e. The first-order chi connectivity index (χ1) is 8.48. The van der Waals surface area contributed by atoms with E-state index in [-0.39, 0.29) is 17.8 Å². The summed E-state index contributed by atoms with van der Waals surface area (Å²) in [6.07, 6.45) is 2.63. The molecule has 1 saturated heterocycles. The molecule has 0 aromatic carbocycles. The van der Waals surface area contributed by atoms with Crippen molar-refractivity contribution in [1.82, 2.24) is 4.90 Å². The topological polar surface area (TPSA) is 66.8 Å². The predicted octanol–water partition coefficient (Wildman–Crippen LogP) is 1.51. The summed E-state index contributed by atoms with van der Waals surface area (Å²) in [5, 5.41) is 9.22. The van der Waals surface area contributed by atoms with Crippen LogP contribution in [-0.2, 0) is 14.3 Å². The molecule has 1 heterocycles. The zero-order chi connectivity index (χ0) is 13.8. The molecule has 1 aliphatic heterocycles. The van der Waals surface area contributed by atoms with Crippen LogP contribution in [0.5, 0.6) is 0 Å². The molecule has 1 aliphatic rings. The molecule has 104 valence electrons. The van der Waals surface area contributed by atoms with Crippen molar-refractivity contribution < 1.29 is 19.4 Å². The summed E-state index contributed by atoms with van der Waals surface area (Å²) in [6.45, 7) is 5.92. The quantitative estimate of drug-likeness (QED) is 0.700. The lowest BCUT2D eigenvalue weighted by Crippen LogP contribution is -2.61. The van der Waals surface area contributed by atoms with E-state index in [2.05, 4.69) is 18.6 Å². The third-order valence-corrected chi connectivity index (χ3v) is 4.15. The van der Waals surface area contributed by atoms with Crippen LogP contribution in [0, 0.1) is 5.41 Å². The number of aliphatic carboxylic acids is 1. The van der Waals surface area contributed by atoms with E-state index in [9.17, 15) is 14.7 Å². The summed E-state index contributed by atoms with van der Waals surface area (Å²) in [7, 11) is 1.32. The van der Waals surface area contributed by atoms with Gasteiger partial charge in [-0.3, -0.25) is 14.5 Å². The molecular formula is C13H23NO4. The number of hydrogen-bond donors (Lipinski definition) is 1. The van der Waals surface area contributed by atoms with E-state index in [0.29, 0.717) is 6.42 Å². The van der Waals surface area contributed by atoms with Gasteiger partial charge in [0.25, 0.3) is 0 Å². The lowest BCUT2D eigenvalue weighted by Gasteiger charge is -2.52. The van der Waals surface area contributed by atoms with E-state index in [1.165, 1.54) is 7.11 Å². The highest BCUT2D eigenvalue weighted by molar-refractivity contribution is 5.75. The van der Waals surface area contributed by atoms with Gasteiger partial charge in [-0.25, -0.2) is 0 Å². The van der Waals surface area contributed by atoms with Gasteiger partial charge in [0.1, 0.15) is 6.04 Å². The average Bonchev–Trinajstić information content (AvgIpc) is 2.31. The number of carboxylic acids is 1. The van der Waals surface area contributed by atoms with E-state index in [1.807, 2.05) is 4.90 Å². The normalized spacial score (nSPS) is 19.9. The summed E-state index contributed by atoms with van der Waals surface area (Å²) in [6, 6.07) is -0.560. The second-order valence-electron chi connectivity index (χ2n) is 5.08. The summed E-state index contributed by atoms with van der Waals surface area (Å²) in [5.74, 6) is -1.20. The van der Waals surface area contributed by atoms with Crippen LogP contribution < -0.4 is 0 Å². The van der Waals surface area contributed by atoms with E-state index in [1.54, 1.807) is 0 Å². The number of likely N-dealkylation sites (tertiary alicyclic amines) is 1. The first kappa shape index (κ1) is 15.0. The highest BCUT2D eigenvalue weighted by Crippen LogP contribution is 2.38. The van der Waals surface area contributed by atoms with Crippen LogP contribution in [0.25, 0.3) is 0 Å². The van der Waals surface area contributed by atoms with Crippen LogP contribution in [-0.4, -0.2) is 48.2 Å². The van der Waals surface area contributed by atoms with Crippen LogP contribution in [0.15, 0.2) is 0 Å². The third-order valence-electron chi connectivity index (χ3n) is 4.15. The number of ether oxygens (including phenoxy) is 1. The van der Waals surface area contributed by atoms with Crippen LogP contribution in [0.4, 0.5) is 0 Å². The van der Waals surface area contributed by atoms with Gasteiger partial charge < -0.3 is 9.84 Å². The molecule has 0 radical (unpaired) electrons. The monoisotopic (exact) mass is 257 g/mol. The number of carboxylic acid groups (broad SMARTS) is 1. The highest BCUT2D eigenvalue weighted by Gasteiger charge is 2.44. The molecule has 0 amide bonds. The molecular weight excluding hydrogens is 234 g/mol. The predicted molar refractivity (Wildman–Crippen MR) is 67.3 cm³/mol. The van der Waals surface area contributed by atoms with Crippen molar-refractivity contribution >= 4 is 11.9 Å².